The number of phenols is 1. The largest absolute Gasteiger partial charge is 0.750 e. The van der Waals surface area contributed by atoms with Crippen molar-refractivity contribution >= 4 is 8.25 Å². The number of ether oxygens (including phenoxy) is 2. The third-order valence-corrected chi connectivity index (χ3v) is 4.38. The Balaban J connectivity index is 2.35. The first kappa shape index (κ1) is 21.0. The molecular formula is C20H26O6P+. The van der Waals surface area contributed by atoms with E-state index in [0.29, 0.717) is 24.7 Å². The summed E-state index contributed by atoms with van der Waals surface area (Å²) in [4.78, 5) is 0. The Morgan fingerprint density at radius 3 is 2.37 bits per heavy atom. The van der Waals surface area contributed by atoms with E-state index in [1.54, 1.807) is 25.1 Å². The van der Waals surface area contributed by atoms with Crippen molar-refractivity contribution in [3.05, 3.63) is 36.4 Å². The minimum Gasteiger partial charge on any atom is -0.504 e. The predicted molar refractivity (Wildman–Crippen MR) is 105 cm³/mol. The topological polar surface area (TPSA) is 74.2 Å². The molecule has 6 nitrogen and oxygen atoms in total. The smallest absolute Gasteiger partial charge is 0.504 e. The highest BCUT2D eigenvalue weighted by Gasteiger charge is 2.24. The van der Waals surface area contributed by atoms with Gasteiger partial charge < -0.3 is 14.6 Å². The van der Waals surface area contributed by atoms with Gasteiger partial charge in [0.05, 0.1) is 13.2 Å². The third kappa shape index (κ3) is 5.84. The van der Waals surface area contributed by atoms with Gasteiger partial charge in [-0.3, -0.25) is 0 Å². The summed E-state index contributed by atoms with van der Waals surface area (Å²) in [6.45, 7) is 7.20. The lowest BCUT2D eigenvalue weighted by molar-refractivity contribution is 0.269. The molecule has 0 aliphatic rings. The van der Waals surface area contributed by atoms with E-state index in [9.17, 15) is 9.67 Å². The van der Waals surface area contributed by atoms with Crippen molar-refractivity contribution in [1.82, 2.24) is 0 Å². The molecule has 2 aromatic rings. The number of hydrogen-bond acceptors (Lipinski definition) is 6. The highest BCUT2D eigenvalue weighted by molar-refractivity contribution is 7.33. The minimum atomic E-state index is -2.32. The van der Waals surface area contributed by atoms with Gasteiger partial charge in [0.2, 0.25) is 5.75 Å². The zero-order valence-corrected chi connectivity index (χ0v) is 16.8. The zero-order chi connectivity index (χ0) is 19.6. The van der Waals surface area contributed by atoms with Crippen molar-refractivity contribution < 1.29 is 28.2 Å². The summed E-state index contributed by atoms with van der Waals surface area (Å²) in [5.74, 6) is 1.28. The minimum absolute atomic E-state index is 0.0997. The van der Waals surface area contributed by atoms with E-state index < -0.39 is 8.25 Å². The van der Waals surface area contributed by atoms with E-state index in [-0.39, 0.29) is 18.1 Å². The van der Waals surface area contributed by atoms with Gasteiger partial charge in [-0.25, -0.2) is 4.52 Å². The van der Waals surface area contributed by atoms with Crippen LogP contribution in [-0.2, 0) is 9.09 Å². The monoisotopic (exact) mass is 393 g/mol. The van der Waals surface area contributed by atoms with Gasteiger partial charge in [-0.15, -0.1) is 4.52 Å². The number of benzene rings is 2. The van der Waals surface area contributed by atoms with Crippen molar-refractivity contribution in [3.63, 3.8) is 0 Å². The van der Waals surface area contributed by atoms with Gasteiger partial charge in [0, 0.05) is 10.1 Å². The molecule has 0 bridgehead atoms. The summed E-state index contributed by atoms with van der Waals surface area (Å²) in [7, 11) is -2.32. The summed E-state index contributed by atoms with van der Waals surface area (Å²) in [5, 5.41) is 10.3. The van der Waals surface area contributed by atoms with E-state index >= 15 is 0 Å². The molecule has 0 saturated heterocycles. The van der Waals surface area contributed by atoms with Crippen LogP contribution in [0.3, 0.4) is 0 Å². The van der Waals surface area contributed by atoms with Gasteiger partial charge in [-0.05, 0) is 43.5 Å². The Morgan fingerprint density at radius 1 is 0.963 bits per heavy atom. The maximum Gasteiger partial charge on any atom is 0.750 e. The van der Waals surface area contributed by atoms with Gasteiger partial charge in [0.1, 0.15) is 6.61 Å². The Kier molecular flexibility index (Phi) is 8.37. The van der Waals surface area contributed by atoms with E-state index in [0.717, 1.165) is 24.0 Å². The molecule has 0 radical (unpaired) electrons. The van der Waals surface area contributed by atoms with E-state index in [1.165, 1.54) is 0 Å². The molecule has 0 aliphatic heterocycles. The number of phenolic OH excluding ortho intramolecular Hbond substituents is 1. The Bertz CT molecular complexity index is 762. The van der Waals surface area contributed by atoms with Gasteiger partial charge in [0.25, 0.3) is 0 Å². The average molecular weight is 393 g/mol. The summed E-state index contributed by atoms with van der Waals surface area (Å²) in [6.07, 6.45) is 1.76. The zero-order valence-electron chi connectivity index (χ0n) is 15.9. The fraction of sp³-hybridized carbons (Fsp3) is 0.400. The second-order valence-electron chi connectivity index (χ2n) is 5.74. The Morgan fingerprint density at radius 2 is 1.70 bits per heavy atom. The number of para-hydroxylation sites is 1. The summed E-state index contributed by atoms with van der Waals surface area (Å²) in [6, 6.07) is 10.5. The lowest BCUT2D eigenvalue weighted by Crippen LogP contribution is -2.02. The number of aromatic hydroxyl groups is 1. The standard InChI is InChI=1S/C20H25O6P/c1-4-12-23-19-9-7-8-16(20(19)24-13-5-2)15-10-11-18(17(21)14-15)26-27(22)25-6-3/h7-11,14H,4-6,12-13H2,1-3H3/p+1. The fourth-order valence-electron chi connectivity index (χ4n) is 2.40. The van der Waals surface area contributed by atoms with Gasteiger partial charge in [-0.1, -0.05) is 32.0 Å². The van der Waals surface area contributed by atoms with Crippen molar-refractivity contribution in [3.8, 4) is 34.1 Å². The van der Waals surface area contributed by atoms with Crippen molar-refractivity contribution in [2.24, 2.45) is 0 Å². The van der Waals surface area contributed by atoms with Crippen LogP contribution >= 0.6 is 8.25 Å². The highest BCUT2D eigenvalue weighted by atomic mass is 31.1. The van der Waals surface area contributed by atoms with Crippen molar-refractivity contribution in [2.45, 2.75) is 33.6 Å². The molecular weight excluding hydrogens is 367 g/mol. The van der Waals surface area contributed by atoms with Gasteiger partial charge in [-0.2, -0.15) is 0 Å². The predicted octanol–water partition coefficient (Wildman–Crippen LogP) is 5.71. The van der Waals surface area contributed by atoms with Crippen LogP contribution in [0.4, 0.5) is 0 Å². The molecule has 2 aromatic carbocycles. The van der Waals surface area contributed by atoms with Crippen LogP contribution in [0.25, 0.3) is 11.1 Å². The molecule has 0 heterocycles. The molecule has 0 spiro atoms. The second-order valence-corrected chi connectivity index (χ2v) is 6.63. The fourth-order valence-corrected chi connectivity index (χ4v) is 2.97. The van der Waals surface area contributed by atoms with Crippen LogP contribution < -0.4 is 14.0 Å². The van der Waals surface area contributed by atoms with E-state index in [1.807, 2.05) is 32.0 Å². The molecule has 146 valence electrons. The van der Waals surface area contributed by atoms with E-state index in [4.69, 9.17) is 18.5 Å². The molecule has 1 atom stereocenters. The molecule has 1 unspecified atom stereocenters. The first-order chi connectivity index (χ1) is 13.1. The van der Waals surface area contributed by atoms with Crippen LogP contribution in [0.2, 0.25) is 0 Å². The third-order valence-electron chi connectivity index (χ3n) is 3.57. The molecule has 0 saturated carbocycles. The van der Waals surface area contributed by atoms with Crippen LogP contribution in [0.15, 0.2) is 36.4 Å². The van der Waals surface area contributed by atoms with Crippen molar-refractivity contribution in [1.29, 1.82) is 0 Å². The normalized spacial score (nSPS) is 11.1. The summed E-state index contributed by atoms with van der Waals surface area (Å²) < 4.78 is 33.3. The van der Waals surface area contributed by atoms with Crippen LogP contribution in [-0.4, -0.2) is 24.9 Å². The van der Waals surface area contributed by atoms with Crippen LogP contribution in [0.5, 0.6) is 23.0 Å². The second kappa shape index (κ2) is 10.8. The quantitative estimate of drug-likeness (QED) is 0.493. The lowest BCUT2D eigenvalue weighted by atomic mass is 10.0. The van der Waals surface area contributed by atoms with Crippen LogP contribution in [0.1, 0.15) is 33.6 Å². The molecule has 2 rings (SSSR count). The van der Waals surface area contributed by atoms with Gasteiger partial charge in [0.15, 0.2) is 17.2 Å². The van der Waals surface area contributed by atoms with Gasteiger partial charge >= 0.3 is 8.25 Å². The molecule has 0 amide bonds. The Labute approximate surface area is 161 Å². The molecule has 1 N–H and O–H groups in total. The highest BCUT2D eigenvalue weighted by Crippen LogP contribution is 2.42. The average Bonchev–Trinajstić information content (AvgIpc) is 2.66. The molecule has 0 aliphatic carbocycles. The molecule has 0 fully saturated rings. The van der Waals surface area contributed by atoms with Crippen LogP contribution in [0, 0.1) is 0 Å². The molecule has 7 heteroatoms. The number of rotatable bonds is 11. The first-order valence-corrected chi connectivity index (χ1v) is 10.2. The maximum absolute atomic E-state index is 11.6. The first-order valence-electron chi connectivity index (χ1n) is 9.10. The number of hydrogen-bond donors (Lipinski definition) is 1. The summed E-state index contributed by atoms with van der Waals surface area (Å²) >= 11 is 0. The molecule has 27 heavy (non-hydrogen) atoms. The van der Waals surface area contributed by atoms with Crippen molar-refractivity contribution in [2.75, 3.05) is 19.8 Å². The molecule has 0 aromatic heterocycles. The lowest BCUT2D eigenvalue weighted by Gasteiger charge is -2.16. The van der Waals surface area contributed by atoms with E-state index in [2.05, 4.69) is 0 Å². The maximum atomic E-state index is 11.6. The Hall–Kier alpha value is -2.30. The SMILES string of the molecule is CCCOc1cccc(-c2ccc(O[P+](=O)OCC)c(O)c2)c1OCCC. The summed E-state index contributed by atoms with van der Waals surface area (Å²) in [5.41, 5.74) is 1.53.